The molecule has 3 rings (SSSR count). The zero-order valence-electron chi connectivity index (χ0n) is 14.1. The Labute approximate surface area is 145 Å². The molecule has 1 amide bonds. The summed E-state index contributed by atoms with van der Waals surface area (Å²) in [6.45, 7) is 1.86. The van der Waals surface area contributed by atoms with E-state index in [0.717, 1.165) is 11.1 Å². The molecule has 2 N–H and O–H groups in total. The van der Waals surface area contributed by atoms with Gasteiger partial charge in [-0.05, 0) is 25.1 Å². The van der Waals surface area contributed by atoms with E-state index < -0.39 is 0 Å². The van der Waals surface area contributed by atoms with E-state index in [1.165, 1.54) is 0 Å². The van der Waals surface area contributed by atoms with Gasteiger partial charge in [-0.25, -0.2) is 4.98 Å². The van der Waals surface area contributed by atoms with Gasteiger partial charge in [-0.2, -0.15) is 5.10 Å². The average Bonchev–Trinajstić information content (AvgIpc) is 3.13. The molecule has 0 bridgehead atoms. The Bertz CT molecular complexity index is 847. The highest BCUT2D eigenvalue weighted by molar-refractivity contribution is 5.79. The van der Waals surface area contributed by atoms with E-state index in [4.69, 9.17) is 4.74 Å². The molecule has 0 fully saturated rings. The lowest BCUT2D eigenvalue weighted by molar-refractivity contribution is -0.121. The number of amides is 1. The van der Waals surface area contributed by atoms with Crippen molar-refractivity contribution in [3.63, 3.8) is 0 Å². The van der Waals surface area contributed by atoms with Gasteiger partial charge >= 0.3 is 0 Å². The number of H-pyrrole nitrogens is 1. The van der Waals surface area contributed by atoms with E-state index in [1.54, 1.807) is 19.5 Å². The summed E-state index contributed by atoms with van der Waals surface area (Å²) in [6.07, 6.45) is 3.60. The van der Waals surface area contributed by atoms with Crippen LogP contribution >= 0.6 is 0 Å². The lowest BCUT2D eigenvalue weighted by atomic mass is 10.1. The first-order valence-electron chi connectivity index (χ1n) is 7.91. The quantitative estimate of drug-likeness (QED) is 0.720. The molecule has 0 saturated carbocycles. The Morgan fingerprint density at radius 3 is 2.76 bits per heavy atom. The van der Waals surface area contributed by atoms with Crippen LogP contribution in [0.1, 0.15) is 24.4 Å². The van der Waals surface area contributed by atoms with E-state index in [2.05, 4.69) is 25.5 Å². The molecule has 2 aromatic heterocycles. The van der Waals surface area contributed by atoms with E-state index >= 15 is 0 Å². The predicted octanol–water partition coefficient (Wildman–Crippen LogP) is 2.30. The molecule has 128 valence electrons. The summed E-state index contributed by atoms with van der Waals surface area (Å²) < 4.78 is 5.27. The highest BCUT2D eigenvalue weighted by Gasteiger charge is 2.16. The monoisotopic (exact) mass is 337 g/mol. The predicted molar refractivity (Wildman–Crippen MR) is 92.9 cm³/mol. The van der Waals surface area contributed by atoms with Gasteiger partial charge in [0, 0.05) is 23.5 Å². The first-order chi connectivity index (χ1) is 12.2. The third-order valence-corrected chi connectivity index (χ3v) is 3.77. The van der Waals surface area contributed by atoms with Crippen LogP contribution in [0.4, 0.5) is 0 Å². The molecule has 0 aliphatic heterocycles. The molecule has 0 spiro atoms. The van der Waals surface area contributed by atoms with Gasteiger partial charge in [-0.3, -0.25) is 14.9 Å². The molecule has 25 heavy (non-hydrogen) atoms. The number of nitrogens with one attached hydrogen (secondary N) is 2. The maximum atomic E-state index is 12.3. The SMILES string of the molecule is COc1ccccc1CC(=O)NC(C)c1nc(-c2ccncc2)n[nH]1. The molecule has 0 saturated heterocycles. The number of ether oxygens (including phenoxy) is 1. The highest BCUT2D eigenvalue weighted by atomic mass is 16.5. The van der Waals surface area contributed by atoms with Crippen LogP contribution in [-0.4, -0.2) is 33.2 Å². The van der Waals surface area contributed by atoms with Crippen molar-refractivity contribution in [2.24, 2.45) is 0 Å². The van der Waals surface area contributed by atoms with Crippen molar-refractivity contribution >= 4 is 5.91 Å². The van der Waals surface area contributed by atoms with E-state index in [1.807, 2.05) is 43.3 Å². The van der Waals surface area contributed by atoms with Crippen molar-refractivity contribution in [3.8, 4) is 17.1 Å². The first-order valence-corrected chi connectivity index (χ1v) is 7.91. The maximum absolute atomic E-state index is 12.3. The molecule has 1 aromatic carbocycles. The molecule has 0 aliphatic rings. The standard InChI is InChI=1S/C18H19N5O2/c1-12(17-21-18(23-22-17)13-7-9-19-10-8-13)20-16(24)11-14-5-3-4-6-15(14)25-2/h3-10,12H,11H2,1-2H3,(H,20,24)(H,21,22,23). The number of carbonyl (C=O) groups is 1. The molecular weight excluding hydrogens is 318 g/mol. The lowest BCUT2D eigenvalue weighted by Gasteiger charge is -2.12. The summed E-state index contributed by atoms with van der Waals surface area (Å²) >= 11 is 0. The van der Waals surface area contributed by atoms with Crippen LogP contribution in [0, 0.1) is 0 Å². The molecule has 0 aliphatic carbocycles. The van der Waals surface area contributed by atoms with Crippen LogP contribution in [-0.2, 0) is 11.2 Å². The van der Waals surface area contributed by atoms with E-state index in [-0.39, 0.29) is 18.4 Å². The largest absolute Gasteiger partial charge is 0.496 e. The Morgan fingerprint density at radius 1 is 1.24 bits per heavy atom. The molecule has 2 heterocycles. The fraction of sp³-hybridized carbons (Fsp3) is 0.222. The van der Waals surface area contributed by atoms with Crippen molar-refractivity contribution in [2.75, 3.05) is 7.11 Å². The van der Waals surface area contributed by atoms with Gasteiger partial charge in [0.25, 0.3) is 0 Å². The second kappa shape index (κ2) is 7.57. The number of methoxy groups -OCH3 is 1. The number of pyridine rings is 1. The first kappa shape index (κ1) is 16.6. The Kier molecular flexibility index (Phi) is 5.03. The zero-order chi connectivity index (χ0) is 17.6. The van der Waals surface area contributed by atoms with Crippen molar-refractivity contribution in [3.05, 3.63) is 60.2 Å². The minimum Gasteiger partial charge on any atom is -0.496 e. The van der Waals surface area contributed by atoms with Crippen molar-refractivity contribution in [1.29, 1.82) is 0 Å². The number of rotatable bonds is 6. The second-order valence-electron chi connectivity index (χ2n) is 5.56. The molecule has 3 aromatic rings. The van der Waals surface area contributed by atoms with Crippen molar-refractivity contribution in [2.45, 2.75) is 19.4 Å². The maximum Gasteiger partial charge on any atom is 0.225 e. The molecule has 7 nitrogen and oxygen atoms in total. The Morgan fingerprint density at radius 2 is 2.00 bits per heavy atom. The third kappa shape index (κ3) is 4.00. The minimum absolute atomic E-state index is 0.112. The summed E-state index contributed by atoms with van der Waals surface area (Å²) in [7, 11) is 1.59. The van der Waals surface area contributed by atoms with Gasteiger partial charge in [0.05, 0.1) is 19.6 Å². The molecular formula is C18H19N5O2. The van der Waals surface area contributed by atoms with E-state index in [9.17, 15) is 4.79 Å². The smallest absolute Gasteiger partial charge is 0.225 e. The normalized spacial score (nSPS) is 11.8. The fourth-order valence-electron chi connectivity index (χ4n) is 2.48. The minimum atomic E-state index is -0.287. The number of carbonyl (C=O) groups excluding carboxylic acids is 1. The summed E-state index contributed by atoms with van der Waals surface area (Å²) in [5, 5.41) is 9.99. The van der Waals surface area contributed by atoms with Crippen LogP contribution in [0.15, 0.2) is 48.8 Å². The molecule has 1 unspecified atom stereocenters. The van der Waals surface area contributed by atoms with Crippen LogP contribution in [0.2, 0.25) is 0 Å². The van der Waals surface area contributed by atoms with Crippen LogP contribution < -0.4 is 10.1 Å². The van der Waals surface area contributed by atoms with Gasteiger partial charge in [0.2, 0.25) is 5.91 Å². The number of aromatic amines is 1. The summed E-state index contributed by atoms with van der Waals surface area (Å²) in [4.78, 5) is 20.7. The van der Waals surface area contributed by atoms with Crippen LogP contribution in [0.5, 0.6) is 5.75 Å². The molecule has 0 radical (unpaired) electrons. The third-order valence-electron chi connectivity index (χ3n) is 3.77. The number of aromatic nitrogens is 4. The summed E-state index contributed by atoms with van der Waals surface area (Å²) in [5.74, 6) is 1.76. The van der Waals surface area contributed by atoms with Crippen molar-refractivity contribution in [1.82, 2.24) is 25.5 Å². The lowest BCUT2D eigenvalue weighted by Crippen LogP contribution is -2.28. The number of benzene rings is 1. The van der Waals surface area contributed by atoms with Gasteiger partial charge < -0.3 is 10.1 Å². The average molecular weight is 337 g/mol. The zero-order valence-corrected chi connectivity index (χ0v) is 14.1. The second-order valence-corrected chi connectivity index (χ2v) is 5.56. The Balaban J connectivity index is 1.65. The number of para-hydroxylation sites is 1. The number of hydrogen-bond donors (Lipinski definition) is 2. The highest BCUT2D eigenvalue weighted by Crippen LogP contribution is 2.19. The van der Waals surface area contributed by atoms with Gasteiger partial charge in [-0.15, -0.1) is 0 Å². The fourth-order valence-corrected chi connectivity index (χ4v) is 2.48. The number of hydrogen-bond acceptors (Lipinski definition) is 5. The van der Waals surface area contributed by atoms with Gasteiger partial charge in [0.15, 0.2) is 5.82 Å². The van der Waals surface area contributed by atoms with Gasteiger partial charge in [0.1, 0.15) is 11.6 Å². The van der Waals surface area contributed by atoms with Crippen LogP contribution in [0.3, 0.4) is 0 Å². The van der Waals surface area contributed by atoms with Gasteiger partial charge in [-0.1, -0.05) is 18.2 Å². The topological polar surface area (TPSA) is 92.8 Å². The number of nitrogens with zero attached hydrogens (tertiary/aromatic N) is 3. The summed E-state index contributed by atoms with van der Waals surface area (Å²) in [6, 6.07) is 10.8. The van der Waals surface area contributed by atoms with E-state index in [0.29, 0.717) is 17.4 Å². The molecule has 1 atom stereocenters. The molecule has 7 heteroatoms. The van der Waals surface area contributed by atoms with Crippen molar-refractivity contribution < 1.29 is 9.53 Å². The Hall–Kier alpha value is -3.22. The van der Waals surface area contributed by atoms with Crippen LogP contribution in [0.25, 0.3) is 11.4 Å². The summed E-state index contributed by atoms with van der Waals surface area (Å²) in [5.41, 5.74) is 1.70.